The highest BCUT2D eigenvalue weighted by atomic mass is 16.2. The molecule has 2 aliphatic rings. The molecule has 0 aromatic heterocycles. The Morgan fingerprint density at radius 2 is 1.48 bits per heavy atom. The summed E-state index contributed by atoms with van der Waals surface area (Å²) < 4.78 is 0. The van der Waals surface area contributed by atoms with Crippen molar-refractivity contribution in [1.82, 2.24) is 10.2 Å². The van der Waals surface area contributed by atoms with E-state index in [4.69, 9.17) is 0 Å². The first-order valence-corrected chi connectivity index (χ1v) is 8.14. The molecule has 2 amide bonds. The lowest BCUT2D eigenvalue weighted by molar-refractivity contribution is 0.191. The molecule has 3 nitrogen and oxygen atoms in total. The van der Waals surface area contributed by atoms with E-state index < -0.39 is 0 Å². The Kier molecular flexibility index (Phi) is 3.41. The second-order valence-corrected chi connectivity index (χ2v) is 6.29. The van der Waals surface area contributed by atoms with Gasteiger partial charge in [-0.1, -0.05) is 60.7 Å². The third-order valence-electron chi connectivity index (χ3n) is 4.86. The minimum absolute atomic E-state index is 0.0222. The van der Waals surface area contributed by atoms with E-state index in [-0.39, 0.29) is 12.1 Å². The van der Waals surface area contributed by atoms with Gasteiger partial charge >= 0.3 is 6.03 Å². The van der Waals surface area contributed by atoms with Crippen molar-refractivity contribution in [1.29, 1.82) is 0 Å². The number of fused-ring (bicyclic) bond motifs is 3. The van der Waals surface area contributed by atoms with Crippen molar-refractivity contribution in [2.75, 3.05) is 13.1 Å². The van der Waals surface area contributed by atoms with Crippen molar-refractivity contribution in [2.45, 2.75) is 18.9 Å². The van der Waals surface area contributed by atoms with Gasteiger partial charge in [0, 0.05) is 13.1 Å². The molecule has 2 aromatic carbocycles. The fraction of sp³-hybridized carbons (Fsp3) is 0.250. The first-order valence-electron chi connectivity index (χ1n) is 8.14. The van der Waals surface area contributed by atoms with Gasteiger partial charge in [0.2, 0.25) is 0 Å². The molecule has 0 spiro atoms. The molecule has 0 bridgehead atoms. The van der Waals surface area contributed by atoms with E-state index in [2.05, 4.69) is 48.3 Å². The van der Waals surface area contributed by atoms with Gasteiger partial charge in [0.05, 0.1) is 6.04 Å². The summed E-state index contributed by atoms with van der Waals surface area (Å²) in [6, 6.07) is 16.6. The average molecular weight is 304 g/mol. The van der Waals surface area contributed by atoms with Gasteiger partial charge in [0.15, 0.2) is 0 Å². The standard InChI is InChI=1S/C20H20N2O/c1-14-10-12-22(13-11-14)20(23)21-19-17-8-4-2-6-15(17)16-7-3-5-9-18(16)19/h2-9,19H,1,10-13H2,(H,21,23). The smallest absolute Gasteiger partial charge is 0.318 e. The van der Waals surface area contributed by atoms with Crippen molar-refractivity contribution in [3.05, 3.63) is 71.8 Å². The van der Waals surface area contributed by atoms with E-state index in [0.717, 1.165) is 25.9 Å². The predicted octanol–water partition coefficient (Wildman–Crippen LogP) is 4.12. The number of hydrogen-bond acceptors (Lipinski definition) is 1. The highest BCUT2D eigenvalue weighted by Crippen LogP contribution is 2.43. The number of likely N-dealkylation sites (tertiary alicyclic amines) is 1. The van der Waals surface area contributed by atoms with E-state index in [1.165, 1.54) is 27.8 Å². The maximum absolute atomic E-state index is 12.7. The zero-order valence-electron chi connectivity index (χ0n) is 13.1. The SMILES string of the molecule is C=C1CCN(C(=O)NC2c3ccccc3-c3ccccc32)CC1. The Balaban J connectivity index is 1.61. The molecular weight excluding hydrogens is 284 g/mol. The second-order valence-electron chi connectivity index (χ2n) is 6.29. The van der Waals surface area contributed by atoms with Crippen molar-refractivity contribution in [2.24, 2.45) is 0 Å². The molecule has 1 N–H and O–H groups in total. The molecule has 23 heavy (non-hydrogen) atoms. The van der Waals surface area contributed by atoms with E-state index >= 15 is 0 Å². The molecule has 1 saturated heterocycles. The normalized spacial score (nSPS) is 16.9. The average Bonchev–Trinajstić information content (AvgIpc) is 2.90. The number of carbonyl (C=O) groups is 1. The Morgan fingerprint density at radius 1 is 0.957 bits per heavy atom. The van der Waals surface area contributed by atoms with Gasteiger partial charge in [-0.15, -0.1) is 0 Å². The van der Waals surface area contributed by atoms with Crippen LogP contribution < -0.4 is 5.32 Å². The lowest BCUT2D eigenvalue weighted by Crippen LogP contribution is -2.44. The number of piperidine rings is 1. The summed E-state index contributed by atoms with van der Waals surface area (Å²) in [4.78, 5) is 14.6. The molecule has 116 valence electrons. The summed E-state index contributed by atoms with van der Waals surface area (Å²) in [7, 11) is 0. The van der Waals surface area contributed by atoms with Crippen molar-refractivity contribution >= 4 is 6.03 Å². The molecule has 0 saturated carbocycles. The molecule has 1 heterocycles. The van der Waals surface area contributed by atoms with Gasteiger partial charge in [-0.05, 0) is 35.1 Å². The van der Waals surface area contributed by atoms with Crippen molar-refractivity contribution < 1.29 is 4.79 Å². The minimum atomic E-state index is -0.0555. The maximum atomic E-state index is 12.7. The predicted molar refractivity (Wildman–Crippen MR) is 92.2 cm³/mol. The molecule has 0 unspecified atom stereocenters. The summed E-state index contributed by atoms with van der Waals surface area (Å²) in [5.41, 5.74) is 6.05. The number of rotatable bonds is 1. The molecular formula is C20H20N2O. The molecule has 3 heteroatoms. The van der Waals surface area contributed by atoms with Gasteiger partial charge < -0.3 is 10.2 Å². The van der Waals surface area contributed by atoms with E-state index in [0.29, 0.717) is 0 Å². The van der Waals surface area contributed by atoms with Gasteiger partial charge in [0.25, 0.3) is 0 Å². The lowest BCUT2D eigenvalue weighted by Gasteiger charge is -2.29. The summed E-state index contributed by atoms with van der Waals surface area (Å²) in [5.74, 6) is 0. The highest BCUT2D eigenvalue weighted by molar-refractivity contribution is 5.82. The Labute approximate surface area is 136 Å². The number of nitrogens with zero attached hydrogens (tertiary/aromatic N) is 1. The lowest BCUT2D eigenvalue weighted by atomic mass is 10.0. The summed E-state index contributed by atoms with van der Waals surface area (Å²) in [6.45, 7) is 5.54. The Morgan fingerprint density at radius 3 is 2.04 bits per heavy atom. The number of amides is 2. The number of benzene rings is 2. The van der Waals surface area contributed by atoms with Crippen LogP contribution >= 0.6 is 0 Å². The summed E-state index contributed by atoms with van der Waals surface area (Å²) in [6.07, 6.45) is 1.82. The fourth-order valence-electron chi connectivity index (χ4n) is 3.55. The van der Waals surface area contributed by atoms with Crippen LogP contribution in [0.5, 0.6) is 0 Å². The van der Waals surface area contributed by atoms with Crippen LogP contribution in [0.4, 0.5) is 4.79 Å². The van der Waals surface area contributed by atoms with E-state index in [9.17, 15) is 4.79 Å². The van der Waals surface area contributed by atoms with Gasteiger partial charge in [-0.3, -0.25) is 0 Å². The molecule has 0 radical (unpaired) electrons. The highest BCUT2D eigenvalue weighted by Gasteiger charge is 2.30. The zero-order chi connectivity index (χ0) is 15.8. The zero-order valence-corrected chi connectivity index (χ0v) is 13.1. The third kappa shape index (κ3) is 2.42. The second kappa shape index (κ2) is 5.58. The first kappa shape index (κ1) is 14.1. The number of carbonyl (C=O) groups excluding carboxylic acids is 1. The van der Waals surface area contributed by atoms with Crippen LogP contribution in [0, 0.1) is 0 Å². The topological polar surface area (TPSA) is 32.3 Å². The first-order chi connectivity index (χ1) is 11.2. The van der Waals surface area contributed by atoms with Crippen LogP contribution in [0.3, 0.4) is 0 Å². The van der Waals surface area contributed by atoms with Gasteiger partial charge in [-0.2, -0.15) is 0 Å². The summed E-state index contributed by atoms with van der Waals surface area (Å²) in [5, 5.41) is 3.23. The maximum Gasteiger partial charge on any atom is 0.318 e. The van der Waals surface area contributed by atoms with Crippen LogP contribution in [0.25, 0.3) is 11.1 Å². The van der Waals surface area contributed by atoms with Gasteiger partial charge in [-0.25, -0.2) is 4.79 Å². The van der Waals surface area contributed by atoms with Crippen LogP contribution in [0.1, 0.15) is 30.0 Å². The largest absolute Gasteiger partial charge is 0.327 e. The van der Waals surface area contributed by atoms with E-state index in [1.54, 1.807) is 0 Å². The quantitative estimate of drug-likeness (QED) is 0.790. The third-order valence-corrected chi connectivity index (χ3v) is 4.86. The molecule has 1 fully saturated rings. The van der Waals surface area contributed by atoms with Crippen molar-refractivity contribution in [3.8, 4) is 11.1 Å². The minimum Gasteiger partial charge on any atom is -0.327 e. The van der Waals surface area contributed by atoms with Crippen LogP contribution in [0.15, 0.2) is 60.7 Å². The van der Waals surface area contributed by atoms with Crippen LogP contribution in [-0.4, -0.2) is 24.0 Å². The molecule has 0 atom stereocenters. The number of hydrogen-bond donors (Lipinski definition) is 1. The van der Waals surface area contributed by atoms with E-state index in [1.807, 2.05) is 17.0 Å². The molecule has 1 aliphatic heterocycles. The van der Waals surface area contributed by atoms with Crippen LogP contribution in [-0.2, 0) is 0 Å². The number of nitrogens with one attached hydrogen (secondary N) is 1. The Bertz CT molecular complexity index is 725. The Hall–Kier alpha value is -2.55. The van der Waals surface area contributed by atoms with Crippen LogP contribution in [0.2, 0.25) is 0 Å². The summed E-state index contributed by atoms with van der Waals surface area (Å²) >= 11 is 0. The van der Waals surface area contributed by atoms with Crippen molar-refractivity contribution in [3.63, 3.8) is 0 Å². The molecule has 1 aliphatic carbocycles. The monoisotopic (exact) mass is 304 g/mol. The fourth-order valence-corrected chi connectivity index (χ4v) is 3.55. The molecule has 4 rings (SSSR count). The van der Waals surface area contributed by atoms with Gasteiger partial charge in [0.1, 0.15) is 0 Å². The molecule has 2 aromatic rings. The number of urea groups is 1.